The first-order valence-corrected chi connectivity index (χ1v) is 11.1. The summed E-state index contributed by atoms with van der Waals surface area (Å²) in [7, 11) is 0. The molecule has 186 valence electrons. The van der Waals surface area contributed by atoms with Crippen LogP contribution in [0.15, 0.2) is 30.5 Å². The molecule has 8 N–H and O–H groups in total. The Bertz CT molecular complexity index is 1020. The van der Waals surface area contributed by atoms with Crippen molar-refractivity contribution in [1.29, 1.82) is 0 Å². The summed E-state index contributed by atoms with van der Waals surface area (Å²) in [6, 6.07) is 3.74. The molecule has 5 atom stereocenters. The first-order chi connectivity index (χ1) is 16.1. The quantitative estimate of drug-likeness (QED) is 0.218. The highest BCUT2D eigenvalue weighted by molar-refractivity contribution is 5.94. The Morgan fingerprint density at radius 3 is 2.29 bits per heavy atom. The van der Waals surface area contributed by atoms with Gasteiger partial charge in [0.2, 0.25) is 17.7 Å². The van der Waals surface area contributed by atoms with Crippen LogP contribution in [0.2, 0.25) is 0 Å². The third-order valence-corrected chi connectivity index (χ3v) is 5.78. The van der Waals surface area contributed by atoms with E-state index in [0.717, 1.165) is 16.5 Å². The number of carbonyl (C=O) groups excluding carboxylic acids is 3. The average molecular weight is 476 g/mol. The normalized spacial score (nSPS) is 15.6. The maximum atomic E-state index is 13.1. The number of fused-ring (bicyclic) bond motifs is 1. The lowest BCUT2D eigenvalue weighted by molar-refractivity contribution is -0.145. The fourth-order valence-corrected chi connectivity index (χ4v) is 3.57. The number of hydrogen-bond acceptors (Lipinski definition) is 6. The lowest BCUT2D eigenvalue weighted by Crippen LogP contribution is -2.59. The average Bonchev–Trinajstić information content (AvgIpc) is 3.21. The monoisotopic (exact) mass is 475 g/mol. The van der Waals surface area contributed by atoms with Crippen molar-refractivity contribution in [3.8, 4) is 0 Å². The van der Waals surface area contributed by atoms with E-state index in [-0.39, 0.29) is 18.9 Å². The molecule has 0 aliphatic rings. The van der Waals surface area contributed by atoms with E-state index in [0.29, 0.717) is 6.42 Å². The Balaban J connectivity index is 2.34. The number of aliphatic hydroxyl groups is 1. The lowest BCUT2D eigenvalue weighted by Gasteiger charge is -2.27. The number of carboxylic acids is 1. The summed E-state index contributed by atoms with van der Waals surface area (Å²) >= 11 is 0. The number of benzene rings is 1. The number of nitrogens with one attached hydrogen (secondary N) is 4. The van der Waals surface area contributed by atoms with Crippen molar-refractivity contribution in [3.05, 3.63) is 36.0 Å². The van der Waals surface area contributed by atoms with Crippen molar-refractivity contribution in [2.24, 2.45) is 11.7 Å². The zero-order valence-electron chi connectivity index (χ0n) is 19.5. The smallest absolute Gasteiger partial charge is 0.328 e. The highest BCUT2D eigenvalue weighted by Crippen LogP contribution is 2.19. The van der Waals surface area contributed by atoms with E-state index in [1.807, 2.05) is 31.2 Å². The summed E-state index contributed by atoms with van der Waals surface area (Å²) in [6.07, 6.45) is 0.975. The maximum Gasteiger partial charge on any atom is 0.328 e. The van der Waals surface area contributed by atoms with Gasteiger partial charge in [0, 0.05) is 23.5 Å². The van der Waals surface area contributed by atoms with E-state index in [2.05, 4.69) is 20.9 Å². The van der Waals surface area contributed by atoms with Crippen LogP contribution in [-0.2, 0) is 25.6 Å². The second kappa shape index (κ2) is 12.1. The number of aliphatic hydroxyl groups excluding tert-OH is 1. The zero-order chi connectivity index (χ0) is 25.4. The van der Waals surface area contributed by atoms with E-state index in [9.17, 15) is 29.4 Å². The highest BCUT2D eigenvalue weighted by Gasteiger charge is 2.33. The Labute approximate surface area is 197 Å². The third kappa shape index (κ3) is 6.78. The van der Waals surface area contributed by atoms with E-state index < -0.39 is 47.9 Å². The van der Waals surface area contributed by atoms with Gasteiger partial charge in [-0.3, -0.25) is 14.4 Å². The SMILES string of the molecule is CCC(C)C(NC(=O)CN)C(=O)NC(Cc1c[nH]c2ccccc12)C(=O)NC(C(=O)O)C(C)O. The molecule has 0 saturated heterocycles. The van der Waals surface area contributed by atoms with Gasteiger partial charge in [0.25, 0.3) is 0 Å². The largest absolute Gasteiger partial charge is 0.480 e. The van der Waals surface area contributed by atoms with Gasteiger partial charge in [-0.15, -0.1) is 0 Å². The van der Waals surface area contributed by atoms with Gasteiger partial charge in [-0.2, -0.15) is 0 Å². The van der Waals surface area contributed by atoms with Crippen molar-refractivity contribution in [2.45, 2.75) is 57.8 Å². The maximum absolute atomic E-state index is 13.1. The lowest BCUT2D eigenvalue weighted by atomic mass is 9.97. The van der Waals surface area contributed by atoms with Gasteiger partial charge in [-0.25, -0.2) is 4.79 Å². The zero-order valence-corrected chi connectivity index (χ0v) is 19.5. The highest BCUT2D eigenvalue weighted by atomic mass is 16.4. The fraction of sp³-hybridized carbons (Fsp3) is 0.478. The minimum Gasteiger partial charge on any atom is -0.480 e. The number of amides is 3. The van der Waals surface area contributed by atoms with Gasteiger partial charge in [0.15, 0.2) is 6.04 Å². The summed E-state index contributed by atoms with van der Waals surface area (Å²) in [6.45, 7) is 4.58. The number of hydrogen-bond donors (Lipinski definition) is 7. The number of carboxylic acid groups (broad SMARTS) is 1. The summed E-state index contributed by atoms with van der Waals surface area (Å²) in [5.74, 6) is -3.55. The summed E-state index contributed by atoms with van der Waals surface area (Å²) in [4.78, 5) is 52.7. The first-order valence-electron chi connectivity index (χ1n) is 11.1. The van der Waals surface area contributed by atoms with E-state index in [4.69, 9.17) is 5.73 Å². The Morgan fingerprint density at radius 1 is 1.03 bits per heavy atom. The molecule has 5 unspecified atom stereocenters. The Morgan fingerprint density at radius 2 is 1.71 bits per heavy atom. The molecular weight excluding hydrogens is 442 g/mol. The molecular formula is C23H33N5O6. The van der Waals surface area contributed by atoms with Gasteiger partial charge in [-0.05, 0) is 24.5 Å². The molecule has 0 bridgehead atoms. The molecule has 1 aromatic heterocycles. The van der Waals surface area contributed by atoms with Crippen LogP contribution in [0.4, 0.5) is 0 Å². The Kier molecular flexibility index (Phi) is 9.58. The van der Waals surface area contributed by atoms with Crippen LogP contribution in [0, 0.1) is 5.92 Å². The summed E-state index contributed by atoms with van der Waals surface area (Å²) in [5, 5.41) is 27.5. The fourth-order valence-electron chi connectivity index (χ4n) is 3.57. The predicted octanol–water partition coefficient (Wildman–Crippen LogP) is -0.365. The van der Waals surface area contributed by atoms with Gasteiger partial charge in [0.05, 0.1) is 12.6 Å². The van der Waals surface area contributed by atoms with Crippen LogP contribution in [0.1, 0.15) is 32.8 Å². The number of aromatic amines is 1. The van der Waals surface area contributed by atoms with Crippen molar-refractivity contribution in [3.63, 3.8) is 0 Å². The number of nitrogens with two attached hydrogens (primary N) is 1. The molecule has 0 spiro atoms. The van der Waals surface area contributed by atoms with Crippen LogP contribution in [-0.4, -0.2) is 69.7 Å². The van der Waals surface area contributed by atoms with Crippen LogP contribution < -0.4 is 21.7 Å². The topological polar surface area (TPSA) is 187 Å². The summed E-state index contributed by atoms with van der Waals surface area (Å²) < 4.78 is 0. The minimum atomic E-state index is -1.56. The van der Waals surface area contributed by atoms with Crippen molar-refractivity contribution >= 4 is 34.6 Å². The molecule has 11 heteroatoms. The molecule has 0 fully saturated rings. The molecule has 0 saturated carbocycles. The number of rotatable bonds is 12. The van der Waals surface area contributed by atoms with E-state index in [1.54, 1.807) is 13.1 Å². The number of aromatic nitrogens is 1. The molecule has 0 aliphatic carbocycles. The second-order valence-electron chi connectivity index (χ2n) is 8.32. The van der Waals surface area contributed by atoms with Gasteiger partial charge in [0.1, 0.15) is 12.1 Å². The number of carbonyl (C=O) groups is 4. The molecule has 1 heterocycles. The molecule has 0 aliphatic heterocycles. The van der Waals surface area contributed by atoms with Gasteiger partial charge in [-0.1, -0.05) is 38.5 Å². The van der Waals surface area contributed by atoms with Crippen molar-refractivity contribution < 1.29 is 29.4 Å². The molecule has 2 aromatic rings. The number of H-pyrrole nitrogens is 1. The van der Waals surface area contributed by atoms with Gasteiger partial charge >= 0.3 is 5.97 Å². The minimum absolute atomic E-state index is 0.0474. The van der Waals surface area contributed by atoms with Crippen LogP contribution in [0.25, 0.3) is 10.9 Å². The molecule has 34 heavy (non-hydrogen) atoms. The third-order valence-electron chi connectivity index (χ3n) is 5.78. The molecule has 2 rings (SSSR count). The van der Waals surface area contributed by atoms with E-state index in [1.165, 1.54) is 6.92 Å². The Hall–Kier alpha value is -3.44. The predicted molar refractivity (Wildman–Crippen MR) is 126 cm³/mol. The van der Waals surface area contributed by atoms with Crippen LogP contribution >= 0.6 is 0 Å². The van der Waals surface area contributed by atoms with Crippen molar-refractivity contribution in [2.75, 3.05) is 6.54 Å². The summed E-state index contributed by atoms with van der Waals surface area (Å²) in [5.41, 5.74) is 6.94. The number of aliphatic carboxylic acids is 1. The molecule has 11 nitrogen and oxygen atoms in total. The standard InChI is InChI=1S/C23H33N5O6/c1-4-12(2)19(27-18(30)10-24)22(32)26-17(21(31)28-20(13(3)29)23(33)34)9-14-11-25-16-8-6-5-7-15(14)16/h5-8,11-13,17,19-20,25,29H,4,9-10,24H2,1-3H3,(H,26,32)(H,27,30)(H,28,31)(H,33,34). The van der Waals surface area contributed by atoms with Crippen LogP contribution in [0.3, 0.4) is 0 Å². The second-order valence-corrected chi connectivity index (χ2v) is 8.32. The van der Waals surface area contributed by atoms with E-state index >= 15 is 0 Å². The van der Waals surface area contributed by atoms with Crippen LogP contribution in [0.5, 0.6) is 0 Å². The molecule has 3 amide bonds. The molecule has 0 radical (unpaired) electrons. The first kappa shape index (κ1) is 26.8. The van der Waals surface area contributed by atoms with Crippen molar-refractivity contribution in [1.82, 2.24) is 20.9 Å². The molecule has 1 aromatic carbocycles. The number of para-hydroxylation sites is 1. The van der Waals surface area contributed by atoms with Gasteiger partial charge < -0.3 is 36.9 Å².